The second-order valence-corrected chi connectivity index (χ2v) is 6.11. The van der Waals surface area contributed by atoms with E-state index in [1.54, 1.807) is 12.1 Å². The van der Waals surface area contributed by atoms with Crippen molar-refractivity contribution in [1.82, 2.24) is 10.2 Å². The number of hydrogen-bond acceptors (Lipinski definition) is 2. The molecule has 1 N–H and O–H groups in total. The van der Waals surface area contributed by atoms with Crippen LogP contribution in [-0.4, -0.2) is 31.1 Å². The van der Waals surface area contributed by atoms with E-state index >= 15 is 0 Å². The molecule has 0 amide bonds. The minimum atomic E-state index is -0.160. The fourth-order valence-electron chi connectivity index (χ4n) is 2.84. The summed E-state index contributed by atoms with van der Waals surface area (Å²) in [6.45, 7) is 10.9. The number of halogens is 1. The Bertz CT molecular complexity index is 374. The van der Waals surface area contributed by atoms with Crippen molar-refractivity contribution in [2.24, 2.45) is 5.41 Å². The first-order chi connectivity index (χ1) is 8.48. The van der Waals surface area contributed by atoms with E-state index in [1.165, 1.54) is 5.56 Å². The van der Waals surface area contributed by atoms with Crippen LogP contribution in [0.25, 0.3) is 0 Å². The van der Waals surface area contributed by atoms with E-state index in [-0.39, 0.29) is 11.2 Å². The van der Waals surface area contributed by atoms with E-state index in [0.29, 0.717) is 6.04 Å². The second-order valence-electron chi connectivity index (χ2n) is 6.11. The van der Waals surface area contributed by atoms with Gasteiger partial charge in [0.2, 0.25) is 0 Å². The Balaban J connectivity index is 2.27. The lowest BCUT2D eigenvalue weighted by Gasteiger charge is -2.42. The number of rotatable bonds is 2. The average Bonchev–Trinajstić information content (AvgIpc) is 2.32. The highest BCUT2D eigenvalue weighted by Crippen LogP contribution is 2.38. The molecule has 0 bridgehead atoms. The van der Waals surface area contributed by atoms with Gasteiger partial charge in [-0.25, -0.2) is 4.39 Å². The van der Waals surface area contributed by atoms with Crippen molar-refractivity contribution in [3.63, 3.8) is 0 Å². The van der Waals surface area contributed by atoms with Gasteiger partial charge in [0.05, 0.1) is 0 Å². The number of nitrogens with one attached hydrogen (secondary N) is 1. The Morgan fingerprint density at radius 1 is 1.11 bits per heavy atom. The topological polar surface area (TPSA) is 15.3 Å². The van der Waals surface area contributed by atoms with Crippen molar-refractivity contribution in [1.29, 1.82) is 0 Å². The maximum Gasteiger partial charge on any atom is 0.123 e. The summed E-state index contributed by atoms with van der Waals surface area (Å²) >= 11 is 0. The molecule has 1 aliphatic rings. The van der Waals surface area contributed by atoms with Gasteiger partial charge in [0.1, 0.15) is 5.82 Å². The van der Waals surface area contributed by atoms with Crippen LogP contribution in [0.2, 0.25) is 0 Å². The number of nitrogens with zero attached hydrogens (tertiary/aromatic N) is 1. The third kappa shape index (κ3) is 3.09. The Hall–Kier alpha value is -0.930. The minimum Gasteiger partial charge on any atom is -0.314 e. The monoisotopic (exact) mass is 250 g/mol. The van der Waals surface area contributed by atoms with Crippen LogP contribution in [0.3, 0.4) is 0 Å². The molecule has 1 atom stereocenters. The molecule has 1 aromatic rings. The number of hydrogen-bond donors (Lipinski definition) is 1. The maximum atomic E-state index is 13.1. The zero-order valence-electron chi connectivity index (χ0n) is 11.5. The molecular weight excluding hydrogens is 227 g/mol. The smallest absolute Gasteiger partial charge is 0.123 e. The lowest BCUT2D eigenvalue weighted by atomic mass is 9.81. The lowest BCUT2D eigenvalue weighted by molar-refractivity contribution is 0.0862. The molecule has 100 valence electrons. The van der Waals surface area contributed by atoms with E-state index in [1.807, 2.05) is 12.1 Å². The Morgan fingerprint density at radius 3 is 2.17 bits per heavy atom. The normalized spacial score (nSPS) is 19.8. The van der Waals surface area contributed by atoms with Crippen LogP contribution in [0, 0.1) is 11.2 Å². The molecule has 0 aromatic heterocycles. The van der Waals surface area contributed by atoms with Gasteiger partial charge in [-0.2, -0.15) is 0 Å². The first-order valence-corrected chi connectivity index (χ1v) is 6.69. The van der Waals surface area contributed by atoms with Gasteiger partial charge in [0.25, 0.3) is 0 Å². The summed E-state index contributed by atoms with van der Waals surface area (Å²) in [5, 5.41) is 3.38. The molecule has 1 fully saturated rings. The quantitative estimate of drug-likeness (QED) is 0.868. The van der Waals surface area contributed by atoms with Gasteiger partial charge in [-0.3, -0.25) is 4.90 Å². The molecule has 1 aromatic carbocycles. The predicted molar refractivity (Wildman–Crippen MR) is 73.0 cm³/mol. The Kier molecular flexibility index (Phi) is 4.03. The van der Waals surface area contributed by atoms with E-state index in [9.17, 15) is 4.39 Å². The van der Waals surface area contributed by atoms with E-state index < -0.39 is 0 Å². The van der Waals surface area contributed by atoms with Crippen molar-refractivity contribution in [2.75, 3.05) is 26.2 Å². The van der Waals surface area contributed by atoms with E-state index in [0.717, 1.165) is 26.2 Å². The van der Waals surface area contributed by atoms with Crippen LogP contribution in [0.5, 0.6) is 0 Å². The Morgan fingerprint density at radius 2 is 1.67 bits per heavy atom. The molecule has 0 aliphatic carbocycles. The SMILES string of the molecule is CC(C)(C)[C@H](c1ccc(F)cc1)N1CCNCC1. The highest BCUT2D eigenvalue weighted by Gasteiger charge is 2.32. The number of benzene rings is 1. The molecule has 3 heteroatoms. The van der Waals surface area contributed by atoms with Crippen LogP contribution >= 0.6 is 0 Å². The first-order valence-electron chi connectivity index (χ1n) is 6.69. The van der Waals surface area contributed by atoms with Gasteiger partial charge in [0, 0.05) is 32.2 Å². The molecule has 0 radical (unpaired) electrons. The summed E-state index contributed by atoms with van der Waals surface area (Å²) in [6.07, 6.45) is 0. The molecular formula is C15H23FN2. The third-order valence-electron chi connectivity index (χ3n) is 3.52. The van der Waals surface area contributed by atoms with Crippen molar-refractivity contribution >= 4 is 0 Å². The molecule has 0 saturated carbocycles. The van der Waals surface area contributed by atoms with Gasteiger partial charge in [0.15, 0.2) is 0 Å². The zero-order chi connectivity index (χ0) is 13.2. The van der Waals surface area contributed by atoms with E-state index in [4.69, 9.17) is 0 Å². The molecule has 2 rings (SSSR count). The summed E-state index contributed by atoms with van der Waals surface area (Å²) in [4.78, 5) is 2.50. The standard InChI is InChI=1S/C15H23FN2/c1-15(2,3)14(18-10-8-17-9-11-18)12-4-6-13(16)7-5-12/h4-7,14,17H,8-11H2,1-3H3/t14-/m0/s1. The van der Waals surface area contributed by atoms with Crippen LogP contribution in [0.1, 0.15) is 32.4 Å². The Labute approximate surface area is 109 Å². The van der Waals surface area contributed by atoms with Crippen molar-refractivity contribution in [3.05, 3.63) is 35.6 Å². The lowest BCUT2D eigenvalue weighted by Crippen LogP contribution is -2.48. The third-order valence-corrected chi connectivity index (χ3v) is 3.52. The van der Waals surface area contributed by atoms with Crippen LogP contribution in [0.4, 0.5) is 4.39 Å². The van der Waals surface area contributed by atoms with E-state index in [2.05, 4.69) is 31.0 Å². The van der Waals surface area contributed by atoms with Gasteiger partial charge in [-0.1, -0.05) is 32.9 Å². The molecule has 1 saturated heterocycles. The van der Waals surface area contributed by atoms with Crippen molar-refractivity contribution in [3.8, 4) is 0 Å². The van der Waals surface area contributed by atoms with Crippen molar-refractivity contribution in [2.45, 2.75) is 26.8 Å². The zero-order valence-corrected chi connectivity index (χ0v) is 11.5. The number of piperazine rings is 1. The first kappa shape index (κ1) is 13.5. The van der Waals surface area contributed by atoms with Gasteiger partial charge >= 0.3 is 0 Å². The summed E-state index contributed by atoms with van der Waals surface area (Å²) in [5.74, 6) is -0.160. The van der Waals surface area contributed by atoms with Crippen LogP contribution in [0.15, 0.2) is 24.3 Å². The molecule has 18 heavy (non-hydrogen) atoms. The molecule has 0 unspecified atom stereocenters. The molecule has 1 heterocycles. The molecule has 2 nitrogen and oxygen atoms in total. The highest BCUT2D eigenvalue weighted by atomic mass is 19.1. The minimum absolute atomic E-state index is 0.148. The fraction of sp³-hybridized carbons (Fsp3) is 0.600. The van der Waals surface area contributed by atoms with Crippen molar-refractivity contribution < 1.29 is 4.39 Å². The summed E-state index contributed by atoms with van der Waals surface area (Å²) in [5.41, 5.74) is 1.36. The predicted octanol–water partition coefficient (Wildman–Crippen LogP) is 2.82. The van der Waals surface area contributed by atoms with Gasteiger partial charge < -0.3 is 5.32 Å². The second kappa shape index (κ2) is 5.37. The largest absolute Gasteiger partial charge is 0.314 e. The van der Waals surface area contributed by atoms with Gasteiger partial charge in [-0.05, 0) is 23.1 Å². The fourth-order valence-corrected chi connectivity index (χ4v) is 2.84. The maximum absolute atomic E-state index is 13.1. The van der Waals surface area contributed by atoms with Crippen LogP contribution < -0.4 is 5.32 Å². The van der Waals surface area contributed by atoms with Gasteiger partial charge in [-0.15, -0.1) is 0 Å². The molecule has 0 spiro atoms. The average molecular weight is 250 g/mol. The summed E-state index contributed by atoms with van der Waals surface area (Å²) in [6, 6.07) is 7.33. The summed E-state index contributed by atoms with van der Waals surface area (Å²) < 4.78 is 13.1. The summed E-state index contributed by atoms with van der Waals surface area (Å²) in [7, 11) is 0. The van der Waals surface area contributed by atoms with Crippen LogP contribution in [-0.2, 0) is 0 Å². The molecule has 1 aliphatic heterocycles. The highest BCUT2D eigenvalue weighted by molar-refractivity contribution is 5.22.